The van der Waals surface area contributed by atoms with E-state index in [4.69, 9.17) is 0 Å². The van der Waals surface area contributed by atoms with Crippen LogP contribution in [-0.4, -0.2) is 13.0 Å². The number of aromatic nitrogens is 1. The van der Waals surface area contributed by atoms with E-state index in [1.807, 2.05) is 42.1 Å². The van der Waals surface area contributed by atoms with Crippen molar-refractivity contribution in [3.63, 3.8) is 0 Å². The van der Waals surface area contributed by atoms with Crippen molar-refractivity contribution in [3.05, 3.63) is 67.0 Å². The molecule has 0 unspecified atom stereocenters. The molecule has 0 aliphatic heterocycles. The van der Waals surface area contributed by atoms with Crippen molar-refractivity contribution in [2.75, 3.05) is 0 Å². The van der Waals surface area contributed by atoms with Gasteiger partial charge in [0, 0.05) is 12.1 Å². The van der Waals surface area contributed by atoms with Crippen LogP contribution in [0, 0.1) is 6.92 Å². The monoisotopic (exact) mass is 277 g/mol. The minimum atomic E-state index is -4.27. The third kappa shape index (κ3) is 5.46. The summed E-state index contributed by atoms with van der Waals surface area (Å²) in [6.45, 7) is 5.41. The van der Waals surface area contributed by atoms with Crippen LogP contribution in [0.15, 0.2) is 66.3 Å². The molecule has 1 aromatic carbocycles. The number of pyridine rings is 1. The molecule has 4 nitrogen and oxygen atoms in total. The molecule has 0 atom stereocenters. The predicted octanol–water partition coefficient (Wildman–Crippen LogP) is 1.97. The first-order chi connectivity index (χ1) is 8.93. The summed E-state index contributed by atoms with van der Waals surface area (Å²) in [6, 6.07) is 11.7. The zero-order valence-corrected chi connectivity index (χ0v) is 11.4. The average Bonchev–Trinajstić information content (AvgIpc) is 2.40. The van der Waals surface area contributed by atoms with E-state index in [0.717, 1.165) is 5.56 Å². The second-order valence-electron chi connectivity index (χ2n) is 3.77. The molecule has 0 spiro atoms. The van der Waals surface area contributed by atoms with E-state index >= 15 is 0 Å². The summed E-state index contributed by atoms with van der Waals surface area (Å²) in [5.41, 5.74) is 0.928. The number of hydrogen-bond acceptors (Lipinski definition) is 3. The fourth-order valence-electron chi connectivity index (χ4n) is 1.24. The molecule has 5 heteroatoms. The van der Waals surface area contributed by atoms with Gasteiger partial charge in [-0.2, -0.15) is 4.57 Å². The second kappa shape index (κ2) is 6.82. The molecule has 0 amide bonds. The number of hydrogen-bond donors (Lipinski definition) is 0. The number of rotatable bonds is 2. The van der Waals surface area contributed by atoms with Crippen molar-refractivity contribution in [1.82, 2.24) is 0 Å². The lowest BCUT2D eigenvalue weighted by Gasteiger charge is -2.05. The lowest BCUT2D eigenvalue weighted by Crippen LogP contribution is -2.22. The van der Waals surface area contributed by atoms with Crippen molar-refractivity contribution >= 4 is 16.3 Å². The molecule has 0 radical (unpaired) electrons. The molecule has 0 aliphatic carbocycles. The van der Waals surface area contributed by atoms with Gasteiger partial charge in [-0.15, -0.1) is 0 Å². The van der Waals surface area contributed by atoms with Crippen LogP contribution in [0.1, 0.15) is 5.56 Å². The number of benzene rings is 1. The fraction of sp³-hybridized carbons (Fsp3) is 0.0714. The smallest absolute Gasteiger partial charge is 0.174 e. The van der Waals surface area contributed by atoms with Crippen molar-refractivity contribution in [2.45, 2.75) is 11.8 Å². The van der Waals surface area contributed by atoms with Gasteiger partial charge in [0.25, 0.3) is 0 Å². The molecule has 0 aliphatic rings. The normalized spacial score (nSPS) is 10.2. The summed E-state index contributed by atoms with van der Waals surface area (Å²) in [6.07, 6.45) is 5.62. The van der Waals surface area contributed by atoms with Crippen LogP contribution < -0.4 is 4.57 Å². The van der Waals surface area contributed by atoms with E-state index in [1.165, 1.54) is 12.1 Å². The van der Waals surface area contributed by atoms with E-state index in [1.54, 1.807) is 18.3 Å². The largest absolute Gasteiger partial charge is 0.744 e. The summed E-state index contributed by atoms with van der Waals surface area (Å²) in [5, 5.41) is 0. The van der Waals surface area contributed by atoms with Crippen LogP contribution in [0.2, 0.25) is 0 Å². The quantitative estimate of drug-likeness (QED) is 0.623. The van der Waals surface area contributed by atoms with Gasteiger partial charge >= 0.3 is 0 Å². The summed E-state index contributed by atoms with van der Waals surface area (Å²) in [7, 11) is -4.27. The van der Waals surface area contributed by atoms with Gasteiger partial charge in [0.1, 0.15) is 10.1 Å². The van der Waals surface area contributed by atoms with Crippen molar-refractivity contribution < 1.29 is 17.5 Å². The van der Waals surface area contributed by atoms with Crippen LogP contribution in [0.25, 0.3) is 6.20 Å². The van der Waals surface area contributed by atoms with Gasteiger partial charge < -0.3 is 4.55 Å². The van der Waals surface area contributed by atoms with E-state index in [9.17, 15) is 13.0 Å². The third-order valence-corrected chi connectivity index (χ3v) is 3.11. The Morgan fingerprint density at radius 3 is 2.00 bits per heavy atom. The van der Waals surface area contributed by atoms with Gasteiger partial charge in [0.15, 0.2) is 18.6 Å². The van der Waals surface area contributed by atoms with Gasteiger partial charge in [-0.3, -0.25) is 0 Å². The summed E-state index contributed by atoms with van der Waals surface area (Å²) >= 11 is 0. The van der Waals surface area contributed by atoms with E-state index in [2.05, 4.69) is 6.58 Å². The first-order valence-corrected chi connectivity index (χ1v) is 6.95. The molecule has 1 aromatic heterocycles. The molecule has 0 saturated carbocycles. The zero-order chi connectivity index (χ0) is 14.3. The molecular formula is C14H15NO3S. The lowest BCUT2D eigenvalue weighted by atomic mass is 10.2. The Morgan fingerprint density at radius 1 is 1.11 bits per heavy atom. The van der Waals surface area contributed by atoms with Crippen LogP contribution in [-0.2, 0) is 10.1 Å². The highest BCUT2D eigenvalue weighted by atomic mass is 32.2. The van der Waals surface area contributed by atoms with Crippen molar-refractivity contribution in [1.29, 1.82) is 0 Å². The Balaban J connectivity index is 0.000000200. The van der Waals surface area contributed by atoms with Gasteiger partial charge in [0.2, 0.25) is 0 Å². The van der Waals surface area contributed by atoms with Gasteiger partial charge in [-0.05, 0) is 25.6 Å². The molecule has 2 rings (SSSR count). The minimum Gasteiger partial charge on any atom is -0.744 e. The molecule has 0 fully saturated rings. The van der Waals surface area contributed by atoms with Crippen molar-refractivity contribution in [3.8, 4) is 0 Å². The molecule has 0 N–H and O–H groups in total. The van der Waals surface area contributed by atoms with Crippen LogP contribution >= 0.6 is 0 Å². The Hall–Kier alpha value is -1.98. The minimum absolute atomic E-state index is 0.178. The fourth-order valence-corrected chi connectivity index (χ4v) is 1.71. The molecule has 19 heavy (non-hydrogen) atoms. The maximum Gasteiger partial charge on any atom is 0.174 e. The van der Waals surface area contributed by atoms with Crippen LogP contribution in [0.4, 0.5) is 0 Å². The topological polar surface area (TPSA) is 61.1 Å². The molecular weight excluding hydrogens is 262 g/mol. The SMILES string of the molecule is C=C[n+]1ccccc1.Cc1ccc(S(=O)(=O)[O-])cc1. The number of nitrogens with zero attached hydrogens (tertiary/aromatic N) is 1. The number of aryl methyl sites for hydroxylation is 1. The summed E-state index contributed by atoms with van der Waals surface area (Å²) in [4.78, 5) is -0.178. The van der Waals surface area contributed by atoms with E-state index in [-0.39, 0.29) is 4.90 Å². The molecule has 1 heterocycles. The lowest BCUT2D eigenvalue weighted by molar-refractivity contribution is -0.567. The Labute approximate surface area is 113 Å². The van der Waals surface area contributed by atoms with Gasteiger partial charge in [-0.25, -0.2) is 8.42 Å². The highest BCUT2D eigenvalue weighted by Crippen LogP contribution is 2.08. The molecule has 0 saturated heterocycles. The first-order valence-electron chi connectivity index (χ1n) is 5.54. The predicted molar refractivity (Wildman–Crippen MR) is 72.2 cm³/mol. The van der Waals surface area contributed by atoms with Crippen molar-refractivity contribution in [2.24, 2.45) is 0 Å². The standard InChI is InChI=1S/C7H8N.C7H8O3S/c1-2-8-6-4-3-5-7-8;1-6-2-4-7(5-3-6)11(8,9)10/h2-7H,1H2;2-5H,1H3,(H,8,9,10)/q+1;/p-1. The zero-order valence-electron chi connectivity index (χ0n) is 10.6. The maximum absolute atomic E-state index is 10.4. The highest BCUT2D eigenvalue weighted by molar-refractivity contribution is 7.85. The molecule has 2 aromatic rings. The maximum atomic E-state index is 10.4. The third-order valence-electron chi connectivity index (χ3n) is 2.26. The average molecular weight is 277 g/mol. The Morgan fingerprint density at radius 2 is 1.63 bits per heavy atom. The first kappa shape index (κ1) is 15.1. The highest BCUT2D eigenvalue weighted by Gasteiger charge is 1.97. The van der Waals surface area contributed by atoms with E-state index < -0.39 is 10.1 Å². The van der Waals surface area contributed by atoms with Crippen LogP contribution in [0.5, 0.6) is 0 Å². The van der Waals surface area contributed by atoms with Crippen LogP contribution in [0.3, 0.4) is 0 Å². The molecule has 0 bridgehead atoms. The summed E-state index contributed by atoms with van der Waals surface area (Å²) in [5.74, 6) is 0. The van der Waals surface area contributed by atoms with Gasteiger partial charge in [-0.1, -0.05) is 23.8 Å². The molecule has 100 valence electrons. The Kier molecular flexibility index (Phi) is 5.41. The van der Waals surface area contributed by atoms with Gasteiger partial charge in [0.05, 0.1) is 4.90 Å². The second-order valence-corrected chi connectivity index (χ2v) is 5.15. The van der Waals surface area contributed by atoms with E-state index in [0.29, 0.717) is 0 Å². The Bertz CT molecular complexity index is 620. The summed E-state index contributed by atoms with van der Waals surface area (Å²) < 4.78 is 33.1.